The number of hydrogen-bond acceptors (Lipinski definition) is 6. The van der Waals surface area contributed by atoms with Crippen LogP contribution >= 0.6 is 11.6 Å². The van der Waals surface area contributed by atoms with E-state index >= 15 is 0 Å². The summed E-state index contributed by atoms with van der Waals surface area (Å²) in [6, 6.07) is 10.6. The third-order valence-electron chi connectivity index (χ3n) is 3.37. The first kappa shape index (κ1) is 19.2. The smallest absolute Gasteiger partial charge is 0.338 e. The Bertz CT molecular complexity index is 840. The molecule has 1 amide bonds. The minimum atomic E-state index is -0.711. The molecule has 2 aromatic rings. The number of hydrogen-bond donors (Lipinski definition) is 1. The highest BCUT2D eigenvalue weighted by Crippen LogP contribution is 2.28. The summed E-state index contributed by atoms with van der Waals surface area (Å²) in [5.74, 6) is -1.32. The second kappa shape index (κ2) is 8.82. The highest BCUT2D eigenvalue weighted by atomic mass is 35.5. The standard InChI is InChI=1S/C17H15ClN2O6/c1-25-17(22)11-6-7-15(14(8-11)20(23)24)26-10-16(21)19-9-12-4-2-3-5-13(12)18/h2-8H,9-10H2,1H3,(H,19,21). The van der Waals surface area contributed by atoms with Gasteiger partial charge >= 0.3 is 11.7 Å². The predicted molar refractivity (Wildman–Crippen MR) is 93.2 cm³/mol. The van der Waals surface area contributed by atoms with Crippen molar-refractivity contribution in [2.45, 2.75) is 6.54 Å². The number of halogens is 1. The van der Waals surface area contributed by atoms with Crippen molar-refractivity contribution in [3.63, 3.8) is 0 Å². The van der Waals surface area contributed by atoms with Crippen LogP contribution in [-0.2, 0) is 16.1 Å². The van der Waals surface area contributed by atoms with Crippen LogP contribution < -0.4 is 10.1 Å². The van der Waals surface area contributed by atoms with Crippen LogP contribution in [0.5, 0.6) is 5.75 Å². The maximum Gasteiger partial charge on any atom is 0.338 e. The minimum absolute atomic E-state index is 0.00900. The fourth-order valence-corrected chi connectivity index (χ4v) is 2.26. The van der Waals surface area contributed by atoms with Gasteiger partial charge in [0.05, 0.1) is 17.6 Å². The summed E-state index contributed by atoms with van der Waals surface area (Å²) >= 11 is 5.99. The lowest BCUT2D eigenvalue weighted by Crippen LogP contribution is -2.28. The van der Waals surface area contributed by atoms with Gasteiger partial charge in [-0.2, -0.15) is 0 Å². The molecule has 136 valence electrons. The summed E-state index contributed by atoms with van der Waals surface area (Å²) in [5.41, 5.74) is 0.303. The van der Waals surface area contributed by atoms with Gasteiger partial charge in [-0.05, 0) is 23.8 Å². The molecule has 8 nitrogen and oxygen atoms in total. The third-order valence-corrected chi connectivity index (χ3v) is 3.74. The highest BCUT2D eigenvalue weighted by Gasteiger charge is 2.20. The van der Waals surface area contributed by atoms with Crippen molar-refractivity contribution in [3.8, 4) is 5.75 Å². The lowest BCUT2D eigenvalue weighted by molar-refractivity contribution is -0.385. The molecule has 26 heavy (non-hydrogen) atoms. The zero-order chi connectivity index (χ0) is 19.1. The molecule has 0 aliphatic carbocycles. The first-order valence-corrected chi connectivity index (χ1v) is 7.80. The van der Waals surface area contributed by atoms with Crippen LogP contribution in [0.1, 0.15) is 15.9 Å². The molecule has 9 heteroatoms. The molecule has 0 spiro atoms. The Morgan fingerprint density at radius 1 is 1.23 bits per heavy atom. The molecular weight excluding hydrogens is 364 g/mol. The zero-order valence-electron chi connectivity index (χ0n) is 13.7. The Morgan fingerprint density at radius 3 is 2.62 bits per heavy atom. The van der Waals surface area contributed by atoms with Crippen LogP contribution in [0.15, 0.2) is 42.5 Å². The number of nitro benzene ring substituents is 1. The normalized spacial score (nSPS) is 10.1. The van der Waals surface area contributed by atoms with Crippen LogP contribution in [0.4, 0.5) is 5.69 Å². The molecule has 1 N–H and O–H groups in total. The molecule has 0 saturated heterocycles. The van der Waals surface area contributed by atoms with Crippen LogP contribution in [0, 0.1) is 10.1 Å². The second-order valence-corrected chi connectivity index (χ2v) is 5.50. The number of benzene rings is 2. The number of esters is 1. The van der Waals surface area contributed by atoms with Crippen molar-refractivity contribution in [3.05, 3.63) is 68.7 Å². The Kier molecular flexibility index (Phi) is 6.51. The van der Waals surface area contributed by atoms with E-state index in [4.69, 9.17) is 16.3 Å². The van der Waals surface area contributed by atoms with E-state index in [1.54, 1.807) is 24.3 Å². The maximum absolute atomic E-state index is 11.9. The quantitative estimate of drug-likeness (QED) is 0.451. The molecule has 0 atom stereocenters. The minimum Gasteiger partial charge on any atom is -0.477 e. The van der Waals surface area contributed by atoms with Crippen LogP contribution in [0.25, 0.3) is 0 Å². The van der Waals surface area contributed by atoms with Crippen molar-refractivity contribution < 1.29 is 24.0 Å². The van der Waals surface area contributed by atoms with E-state index in [9.17, 15) is 19.7 Å². The molecule has 0 saturated carbocycles. The van der Waals surface area contributed by atoms with E-state index in [0.717, 1.165) is 11.6 Å². The molecule has 0 aromatic heterocycles. The molecule has 2 aromatic carbocycles. The monoisotopic (exact) mass is 378 g/mol. The number of amides is 1. The zero-order valence-corrected chi connectivity index (χ0v) is 14.5. The molecule has 0 aliphatic rings. The molecule has 0 radical (unpaired) electrons. The summed E-state index contributed by atoms with van der Waals surface area (Å²) in [5, 5.41) is 14.3. The first-order valence-electron chi connectivity index (χ1n) is 7.42. The number of carbonyl (C=O) groups excluding carboxylic acids is 2. The van der Waals surface area contributed by atoms with Crippen molar-refractivity contribution >= 4 is 29.2 Å². The predicted octanol–water partition coefficient (Wildman–Crippen LogP) is 2.73. The average Bonchev–Trinajstić information content (AvgIpc) is 2.64. The number of nitrogens with one attached hydrogen (secondary N) is 1. The lowest BCUT2D eigenvalue weighted by Gasteiger charge is -2.09. The van der Waals surface area contributed by atoms with Gasteiger partial charge in [0.25, 0.3) is 5.91 Å². The Morgan fingerprint density at radius 2 is 1.96 bits per heavy atom. The van der Waals surface area contributed by atoms with E-state index in [1.165, 1.54) is 19.2 Å². The fourth-order valence-electron chi connectivity index (χ4n) is 2.06. The summed E-state index contributed by atoms with van der Waals surface area (Å²) in [6.07, 6.45) is 0. The summed E-state index contributed by atoms with van der Waals surface area (Å²) < 4.78 is 9.72. The maximum atomic E-state index is 11.9. The van der Waals surface area contributed by atoms with Gasteiger partial charge in [0.2, 0.25) is 0 Å². The van der Waals surface area contributed by atoms with Gasteiger partial charge in [0, 0.05) is 17.6 Å². The van der Waals surface area contributed by atoms with Gasteiger partial charge < -0.3 is 14.8 Å². The van der Waals surface area contributed by atoms with Crippen molar-refractivity contribution in [2.75, 3.05) is 13.7 Å². The van der Waals surface area contributed by atoms with E-state index < -0.39 is 29.1 Å². The molecule has 0 aliphatic heterocycles. The summed E-state index contributed by atoms with van der Waals surface area (Å²) in [7, 11) is 1.17. The van der Waals surface area contributed by atoms with E-state index in [0.29, 0.717) is 5.02 Å². The Labute approximate surface area is 153 Å². The molecular formula is C17H15ClN2O6. The average molecular weight is 379 g/mol. The SMILES string of the molecule is COC(=O)c1ccc(OCC(=O)NCc2ccccc2Cl)c([N+](=O)[O-])c1. The summed E-state index contributed by atoms with van der Waals surface area (Å²) in [6.45, 7) is -0.228. The number of methoxy groups -OCH3 is 1. The van der Waals surface area contributed by atoms with E-state index in [2.05, 4.69) is 10.1 Å². The van der Waals surface area contributed by atoms with Crippen molar-refractivity contribution in [1.29, 1.82) is 0 Å². The van der Waals surface area contributed by atoms with Gasteiger partial charge in [0.15, 0.2) is 12.4 Å². The summed E-state index contributed by atoms with van der Waals surface area (Å²) in [4.78, 5) is 33.8. The highest BCUT2D eigenvalue weighted by molar-refractivity contribution is 6.31. The van der Waals surface area contributed by atoms with E-state index in [-0.39, 0.29) is 17.9 Å². The number of ether oxygens (including phenoxy) is 2. The third kappa shape index (κ3) is 4.93. The lowest BCUT2D eigenvalue weighted by atomic mass is 10.2. The Balaban J connectivity index is 1.99. The van der Waals surface area contributed by atoms with Crippen molar-refractivity contribution in [2.24, 2.45) is 0 Å². The molecule has 0 heterocycles. The van der Waals surface area contributed by atoms with E-state index in [1.807, 2.05) is 0 Å². The van der Waals surface area contributed by atoms with Gasteiger partial charge in [0.1, 0.15) is 0 Å². The second-order valence-electron chi connectivity index (χ2n) is 5.09. The van der Waals surface area contributed by atoms with Crippen LogP contribution in [-0.4, -0.2) is 30.5 Å². The molecule has 0 fully saturated rings. The fraction of sp³-hybridized carbons (Fsp3) is 0.176. The van der Waals surface area contributed by atoms with Gasteiger partial charge in [-0.25, -0.2) is 4.79 Å². The van der Waals surface area contributed by atoms with Crippen molar-refractivity contribution in [1.82, 2.24) is 5.32 Å². The molecule has 0 bridgehead atoms. The van der Waals surface area contributed by atoms with Gasteiger partial charge in [-0.1, -0.05) is 29.8 Å². The number of nitro groups is 1. The Hall–Kier alpha value is -3.13. The molecule has 2 rings (SSSR count). The van der Waals surface area contributed by atoms with Gasteiger partial charge in [-0.15, -0.1) is 0 Å². The van der Waals surface area contributed by atoms with Crippen LogP contribution in [0.2, 0.25) is 5.02 Å². The largest absolute Gasteiger partial charge is 0.477 e. The molecule has 0 unspecified atom stereocenters. The topological polar surface area (TPSA) is 108 Å². The van der Waals surface area contributed by atoms with Crippen LogP contribution in [0.3, 0.4) is 0 Å². The number of nitrogens with zero attached hydrogens (tertiary/aromatic N) is 1. The first-order chi connectivity index (χ1) is 12.4. The number of rotatable bonds is 7. The van der Waals surface area contributed by atoms with Gasteiger partial charge in [-0.3, -0.25) is 14.9 Å². The number of carbonyl (C=O) groups is 2.